The molecule has 1 amide bonds. The summed E-state index contributed by atoms with van der Waals surface area (Å²) < 4.78 is 14.0. The van der Waals surface area contributed by atoms with Gasteiger partial charge in [0.1, 0.15) is 5.82 Å². The van der Waals surface area contributed by atoms with Crippen LogP contribution in [-0.4, -0.2) is 10.9 Å². The first-order chi connectivity index (χ1) is 11.5. The number of amides is 1. The van der Waals surface area contributed by atoms with Gasteiger partial charge in [-0.25, -0.2) is 4.39 Å². The van der Waals surface area contributed by atoms with Gasteiger partial charge in [0, 0.05) is 13.1 Å². The van der Waals surface area contributed by atoms with Crippen LogP contribution in [0.25, 0.3) is 0 Å². The lowest BCUT2D eigenvalue weighted by atomic mass is 9.82. The Hall–Kier alpha value is -2.27. The van der Waals surface area contributed by atoms with Gasteiger partial charge in [-0.15, -0.1) is 0 Å². The monoisotopic (exact) mass is 327 g/mol. The van der Waals surface area contributed by atoms with E-state index < -0.39 is 11.4 Å². The zero-order valence-electron chi connectivity index (χ0n) is 13.8. The van der Waals surface area contributed by atoms with E-state index in [1.54, 1.807) is 18.3 Å². The predicted molar refractivity (Wildman–Crippen MR) is 91.9 cm³/mol. The topological polar surface area (TPSA) is 68.0 Å². The average molecular weight is 327 g/mol. The van der Waals surface area contributed by atoms with E-state index in [1.165, 1.54) is 25.8 Å². The SMILES string of the molecule is CC(=O)Nc1cc(C(N)(CCC2CC2)c2ccccn2)ccc1F. The molecule has 3 N–H and O–H groups in total. The fourth-order valence-corrected chi connectivity index (χ4v) is 2.97. The third kappa shape index (κ3) is 3.62. The molecule has 1 heterocycles. The van der Waals surface area contributed by atoms with Crippen molar-refractivity contribution in [1.82, 2.24) is 4.98 Å². The normalized spacial score (nSPS) is 16.5. The lowest BCUT2D eigenvalue weighted by Gasteiger charge is -2.30. The van der Waals surface area contributed by atoms with Gasteiger partial charge >= 0.3 is 0 Å². The van der Waals surface area contributed by atoms with Gasteiger partial charge in [0.2, 0.25) is 5.91 Å². The molecular weight excluding hydrogens is 305 g/mol. The number of carbonyl (C=O) groups is 1. The number of benzene rings is 1. The highest BCUT2D eigenvalue weighted by atomic mass is 19.1. The maximum atomic E-state index is 14.0. The summed E-state index contributed by atoms with van der Waals surface area (Å²) in [6, 6.07) is 10.3. The van der Waals surface area contributed by atoms with Gasteiger partial charge in [0.25, 0.3) is 0 Å². The Labute approximate surface area is 141 Å². The second-order valence-electron chi connectivity index (χ2n) is 6.54. The lowest BCUT2D eigenvalue weighted by Crippen LogP contribution is -2.39. The van der Waals surface area contributed by atoms with Crippen LogP contribution < -0.4 is 11.1 Å². The third-order valence-electron chi connectivity index (χ3n) is 4.56. The number of anilines is 1. The van der Waals surface area contributed by atoms with Crippen LogP contribution in [0.15, 0.2) is 42.6 Å². The zero-order chi connectivity index (χ0) is 17.2. The molecule has 1 aliphatic carbocycles. The second kappa shape index (κ2) is 6.69. The minimum absolute atomic E-state index is 0.150. The van der Waals surface area contributed by atoms with Crippen LogP contribution in [0.5, 0.6) is 0 Å². The molecule has 1 atom stereocenters. The number of aromatic nitrogens is 1. The van der Waals surface area contributed by atoms with Gasteiger partial charge in [-0.1, -0.05) is 25.0 Å². The van der Waals surface area contributed by atoms with Crippen molar-refractivity contribution in [2.75, 3.05) is 5.32 Å². The van der Waals surface area contributed by atoms with E-state index in [1.807, 2.05) is 18.2 Å². The Morgan fingerprint density at radius 2 is 2.17 bits per heavy atom. The number of nitrogens with one attached hydrogen (secondary N) is 1. The molecule has 3 rings (SSSR count). The van der Waals surface area contributed by atoms with Crippen molar-refractivity contribution >= 4 is 11.6 Å². The number of carbonyl (C=O) groups excluding carboxylic acids is 1. The second-order valence-corrected chi connectivity index (χ2v) is 6.54. The maximum Gasteiger partial charge on any atom is 0.221 e. The molecule has 2 aromatic rings. The number of halogens is 1. The fraction of sp³-hybridized carbons (Fsp3) is 0.368. The number of nitrogens with two attached hydrogens (primary N) is 1. The summed E-state index contributed by atoms with van der Waals surface area (Å²) in [6.07, 6.45) is 5.96. The summed E-state index contributed by atoms with van der Waals surface area (Å²) in [6.45, 7) is 1.35. The van der Waals surface area contributed by atoms with Gasteiger partial charge in [-0.05, 0) is 48.6 Å². The van der Waals surface area contributed by atoms with Gasteiger partial charge in [0.05, 0.1) is 16.9 Å². The number of rotatable bonds is 6. The van der Waals surface area contributed by atoms with Crippen LogP contribution in [0.3, 0.4) is 0 Å². The van der Waals surface area contributed by atoms with Crippen LogP contribution in [0.4, 0.5) is 10.1 Å². The van der Waals surface area contributed by atoms with Crippen LogP contribution in [0, 0.1) is 11.7 Å². The summed E-state index contributed by atoms with van der Waals surface area (Å²) in [5, 5.41) is 2.52. The van der Waals surface area contributed by atoms with E-state index in [2.05, 4.69) is 10.3 Å². The molecule has 1 unspecified atom stereocenters. The molecule has 1 aliphatic rings. The minimum Gasteiger partial charge on any atom is -0.324 e. The summed E-state index contributed by atoms with van der Waals surface area (Å²) in [7, 11) is 0. The van der Waals surface area contributed by atoms with Crippen molar-refractivity contribution < 1.29 is 9.18 Å². The molecule has 0 bridgehead atoms. The van der Waals surface area contributed by atoms with Crippen LogP contribution in [-0.2, 0) is 10.3 Å². The van der Waals surface area contributed by atoms with E-state index in [0.29, 0.717) is 0 Å². The molecule has 0 spiro atoms. The molecule has 4 nitrogen and oxygen atoms in total. The highest BCUT2D eigenvalue weighted by molar-refractivity contribution is 5.88. The lowest BCUT2D eigenvalue weighted by molar-refractivity contribution is -0.114. The van der Waals surface area contributed by atoms with E-state index in [-0.39, 0.29) is 11.6 Å². The molecule has 24 heavy (non-hydrogen) atoms. The highest BCUT2D eigenvalue weighted by Crippen LogP contribution is 2.39. The smallest absolute Gasteiger partial charge is 0.221 e. The third-order valence-corrected chi connectivity index (χ3v) is 4.56. The van der Waals surface area contributed by atoms with Gasteiger partial charge in [0.15, 0.2) is 0 Å². The Bertz CT molecular complexity index is 731. The maximum absolute atomic E-state index is 14.0. The summed E-state index contributed by atoms with van der Waals surface area (Å²) in [4.78, 5) is 15.7. The molecule has 1 aromatic carbocycles. The highest BCUT2D eigenvalue weighted by Gasteiger charge is 2.34. The van der Waals surface area contributed by atoms with E-state index >= 15 is 0 Å². The molecule has 0 radical (unpaired) electrons. The van der Waals surface area contributed by atoms with Crippen molar-refractivity contribution in [1.29, 1.82) is 0 Å². The Morgan fingerprint density at radius 1 is 1.38 bits per heavy atom. The summed E-state index contributed by atoms with van der Waals surface area (Å²) in [5.74, 6) is -0.0593. The molecule has 126 valence electrons. The number of hydrogen-bond acceptors (Lipinski definition) is 3. The van der Waals surface area contributed by atoms with E-state index in [0.717, 1.165) is 30.0 Å². The quantitative estimate of drug-likeness (QED) is 0.852. The molecule has 1 aromatic heterocycles. The summed E-state index contributed by atoms with van der Waals surface area (Å²) >= 11 is 0. The Morgan fingerprint density at radius 3 is 2.79 bits per heavy atom. The first-order valence-electron chi connectivity index (χ1n) is 8.27. The molecule has 1 fully saturated rings. The fourth-order valence-electron chi connectivity index (χ4n) is 2.97. The largest absolute Gasteiger partial charge is 0.324 e. The average Bonchev–Trinajstić information content (AvgIpc) is 3.39. The minimum atomic E-state index is -0.801. The first kappa shape index (κ1) is 16.6. The van der Waals surface area contributed by atoms with Crippen molar-refractivity contribution in [3.8, 4) is 0 Å². The first-order valence-corrected chi connectivity index (χ1v) is 8.27. The van der Waals surface area contributed by atoms with Gasteiger partial charge in [-0.2, -0.15) is 0 Å². The van der Waals surface area contributed by atoms with E-state index in [9.17, 15) is 9.18 Å². The van der Waals surface area contributed by atoms with Crippen LogP contribution in [0.1, 0.15) is 43.9 Å². The van der Waals surface area contributed by atoms with Crippen molar-refractivity contribution in [2.24, 2.45) is 11.7 Å². The van der Waals surface area contributed by atoms with Crippen molar-refractivity contribution in [2.45, 2.75) is 38.1 Å². The van der Waals surface area contributed by atoms with Gasteiger partial charge < -0.3 is 11.1 Å². The van der Waals surface area contributed by atoms with Crippen molar-refractivity contribution in [3.63, 3.8) is 0 Å². The predicted octanol–water partition coefficient (Wildman–Crippen LogP) is 3.57. The Kier molecular flexibility index (Phi) is 4.62. The number of hydrogen-bond donors (Lipinski definition) is 2. The molecule has 1 saturated carbocycles. The standard InChI is InChI=1S/C19H22FN3O/c1-13(24)23-17-12-15(7-8-16(17)20)19(21,10-9-14-5-6-14)18-4-2-3-11-22-18/h2-4,7-8,11-12,14H,5-6,9-10,21H2,1H3,(H,23,24). The van der Waals surface area contributed by atoms with Crippen LogP contribution in [0.2, 0.25) is 0 Å². The molecular formula is C19H22FN3O. The van der Waals surface area contributed by atoms with E-state index in [4.69, 9.17) is 5.73 Å². The molecule has 5 heteroatoms. The number of pyridine rings is 1. The van der Waals surface area contributed by atoms with Crippen LogP contribution >= 0.6 is 0 Å². The molecule has 0 aliphatic heterocycles. The Balaban J connectivity index is 1.99. The number of nitrogens with zero attached hydrogens (tertiary/aromatic N) is 1. The molecule has 0 saturated heterocycles. The summed E-state index contributed by atoms with van der Waals surface area (Å²) in [5.41, 5.74) is 7.63. The van der Waals surface area contributed by atoms with Gasteiger partial charge in [-0.3, -0.25) is 9.78 Å². The zero-order valence-corrected chi connectivity index (χ0v) is 13.8. The van der Waals surface area contributed by atoms with Crippen molar-refractivity contribution in [3.05, 3.63) is 59.7 Å².